The minimum atomic E-state index is 0.528. The number of aromatic nitrogens is 1. The molecule has 1 aromatic heterocycles. The number of benzene rings is 1. The molecular weight excluding hydrogens is 276 g/mol. The Kier molecular flexibility index (Phi) is 3.38. The molecule has 1 heterocycles. The molecule has 17 heavy (non-hydrogen) atoms. The molecule has 0 unspecified atom stereocenters. The topological polar surface area (TPSA) is 36.7 Å². The molecule has 0 radical (unpaired) electrons. The van der Waals surface area contributed by atoms with Crippen molar-refractivity contribution in [3.63, 3.8) is 0 Å². The molecule has 2 rings (SSSR count). The van der Waals surface area contributed by atoms with E-state index in [1.54, 1.807) is 0 Å². The van der Waals surface area contributed by atoms with Gasteiger partial charge in [0.25, 0.3) is 0 Å². The molecule has 86 valence electrons. The second kappa shape index (κ2) is 4.80. The fraction of sp³-hybridized carbons (Fsp3) is 0.143. The predicted molar refractivity (Wildman–Crippen MR) is 73.8 cm³/mol. The smallest absolute Gasteiger partial charge is 0.0686 e. The van der Waals surface area contributed by atoms with Crippen molar-refractivity contribution >= 4 is 21.6 Å². The van der Waals surface area contributed by atoms with Crippen LogP contribution >= 0.6 is 15.9 Å². The van der Waals surface area contributed by atoms with Gasteiger partial charge in [0.2, 0.25) is 0 Å². The average Bonchev–Trinajstić information content (AvgIpc) is 2.26. The maximum Gasteiger partial charge on any atom is 0.0686 e. The zero-order chi connectivity index (χ0) is 12.4. The molecule has 0 saturated carbocycles. The quantitative estimate of drug-likeness (QED) is 0.837. The molecule has 0 aliphatic rings. The van der Waals surface area contributed by atoms with Crippen LogP contribution in [0, 0.1) is 19.3 Å². The van der Waals surface area contributed by atoms with Gasteiger partial charge in [0, 0.05) is 27.0 Å². The minimum absolute atomic E-state index is 0.528. The summed E-state index contributed by atoms with van der Waals surface area (Å²) in [7, 11) is 0. The number of hydrogen-bond acceptors (Lipinski definition) is 2. The zero-order valence-corrected chi connectivity index (χ0v) is 11.4. The SMILES string of the molecule is Cc1cc(C(=N)c2cccc(Br)c2)cc(C)n1. The van der Waals surface area contributed by atoms with Crippen molar-refractivity contribution in [2.24, 2.45) is 0 Å². The summed E-state index contributed by atoms with van der Waals surface area (Å²) in [5.74, 6) is 0. The first-order valence-electron chi connectivity index (χ1n) is 5.36. The van der Waals surface area contributed by atoms with Crippen molar-refractivity contribution in [1.82, 2.24) is 4.98 Å². The molecule has 1 N–H and O–H groups in total. The summed E-state index contributed by atoms with van der Waals surface area (Å²) in [5.41, 5.74) is 4.23. The third kappa shape index (κ3) is 2.80. The lowest BCUT2D eigenvalue weighted by atomic mass is 10.0. The normalized spacial score (nSPS) is 10.3. The van der Waals surface area contributed by atoms with E-state index in [0.717, 1.165) is 27.0 Å². The number of nitrogens with one attached hydrogen (secondary N) is 1. The molecule has 0 aliphatic carbocycles. The van der Waals surface area contributed by atoms with Crippen LogP contribution in [0.15, 0.2) is 40.9 Å². The molecule has 0 saturated heterocycles. The number of nitrogens with zero attached hydrogens (tertiary/aromatic N) is 1. The van der Waals surface area contributed by atoms with Gasteiger partial charge in [-0.3, -0.25) is 10.4 Å². The van der Waals surface area contributed by atoms with E-state index in [2.05, 4.69) is 20.9 Å². The lowest BCUT2D eigenvalue weighted by molar-refractivity contribution is 1.12. The van der Waals surface area contributed by atoms with Gasteiger partial charge in [-0.05, 0) is 38.1 Å². The minimum Gasteiger partial charge on any atom is -0.300 e. The highest BCUT2D eigenvalue weighted by Crippen LogP contribution is 2.16. The van der Waals surface area contributed by atoms with Crippen LogP contribution in [-0.2, 0) is 0 Å². The lowest BCUT2D eigenvalue weighted by Gasteiger charge is -2.07. The fourth-order valence-corrected chi connectivity index (χ4v) is 2.19. The molecule has 0 atom stereocenters. The van der Waals surface area contributed by atoms with Crippen LogP contribution in [0.2, 0.25) is 0 Å². The van der Waals surface area contributed by atoms with Crippen LogP contribution in [-0.4, -0.2) is 10.7 Å². The molecule has 0 fully saturated rings. The Hall–Kier alpha value is -1.48. The van der Waals surface area contributed by atoms with Gasteiger partial charge in [-0.25, -0.2) is 0 Å². The molecule has 0 amide bonds. The summed E-state index contributed by atoms with van der Waals surface area (Å²) in [4.78, 5) is 4.32. The Bertz CT molecular complexity index is 556. The highest BCUT2D eigenvalue weighted by Gasteiger charge is 2.06. The van der Waals surface area contributed by atoms with Crippen LogP contribution in [0.4, 0.5) is 0 Å². The van der Waals surface area contributed by atoms with E-state index >= 15 is 0 Å². The van der Waals surface area contributed by atoms with E-state index in [4.69, 9.17) is 5.41 Å². The van der Waals surface area contributed by atoms with Crippen molar-refractivity contribution in [3.8, 4) is 0 Å². The van der Waals surface area contributed by atoms with E-state index in [1.807, 2.05) is 50.2 Å². The predicted octanol–water partition coefficient (Wildman–Crippen LogP) is 3.88. The Morgan fingerprint density at radius 3 is 2.29 bits per heavy atom. The summed E-state index contributed by atoms with van der Waals surface area (Å²) in [5, 5.41) is 8.21. The molecule has 1 aromatic carbocycles. The lowest BCUT2D eigenvalue weighted by Crippen LogP contribution is -2.03. The Labute approximate surface area is 109 Å². The summed E-state index contributed by atoms with van der Waals surface area (Å²) in [6.07, 6.45) is 0. The third-order valence-corrected chi connectivity index (χ3v) is 2.98. The molecule has 0 aliphatic heterocycles. The third-order valence-electron chi connectivity index (χ3n) is 2.48. The van der Waals surface area contributed by atoms with Gasteiger partial charge in [0.05, 0.1) is 5.71 Å². The number of aryl methyl sites for hydroxylation is 2. The van der Waals surface area contributed by atoms with Crippen molar-refractivity contribution in [2.75, 3.05) is 0 Å². The summed E-state index contributed by atoms with van der Waals surface area (Å²) in [6, 6.07) is 11.7. The first kappa shape index (κ1) is 12.0. The zero-order valence-electron chi connectivity index (χ0n) is 9.79. The highest BCUT2D eigenvalue weighted by atomic mass is 79.9. The van der Waals surface area contributed by atoms with E-state index in [-0.39, 0.29) is 0 Å². The molecule has 2 aromatic rings. The molecule has 0 spiro atoms. The number of hydrogen-bond donors (Lipinski definition) is 1. The number of pyridine rings is 1. The van der Waals surface area contributed by atoms with E-state index in [1.165, 1.54) is 0 Å². The van der Waals surface area contributed by atoms with Gasteiger partial charge >= 0.3 is 0 Å². The Morgan fingerprint density at radius 2 is 1.71 bits per heavy atom. The van der Waals surface area contributed by atoms with Crippen molar-refractivity contribution in [3.05, 3.63) is 63.4 Å². The summed E-state index contributed by atoms with van der Waals surface area (Å²) >= 11 is 3.42. The van der Waals surface area contributed by atoms with Crippen molar-refractivity contribution in [2.45, 2.75) is 13.8 Å². The van der Waals surface area contributed by atoms with E-state index < -0.39 is 0 Å². The van der Waals surface area contributed by atoms with Crippen LogP contribution < -0.4 is 0 Å². The summed E-state index contributed by atoms with van der Waals surface area (Å²) in [6.45, 7) is 3.90. The van der Waals surface area contributed by atoms with E-state index in [9.17, 15) is 0 Å². The number of halogens is 1. The number of rotatable bonds is 2. The van der Waals surface area contributed by atoms with Gasteiger partial charge in [0.1, 0.15) is 0 Å². The van der Waals surface area contributed by atoms with Crippen LogP contribution in [0.1, 0.15) is 22.5 Å². The molecular formula is C14H13BrN2. The van der Waals surface area contributed by atoms with Crippen molar-refractivity contribution < 1.29 is 0 Å². The highest BCUT2D eigenvalue weighted by molar-refractivity contribution is 9.10. The average molecular weight is 289 g/mol. The first-order chi connectivity index (χ1) is 8.06. The Balaban J connectivity index is 2.43. The largest absolute Gasteiger partial charge is 0.300 e. The molecule has 3 heteroatoms. The van der Waals surface area contributed by atoms with Crippen LogP contribution in [0.3, 0.4) is 0 Å². The first-order valence-corrected chi connectivity index (χ1v) is 6.16. The maximum absolute atomic E-state index is 8.21. The van der Waals surface area contributed by atoms with Crippen LogP contribution in [0.25, 0.3) is 0 Å². The van der Waals surface area contributed by atoms with Crippen LogP contribution in [0.5, 0.6) is 0 Å². The van der Waals surface area contributed by atoms with Gasteiger partial charge < -0.3 is 0 Å². The maximum atomic E-state index is 8.21. The van der Waals surface area contributed by atoms with Gasteiger partial charge in [-0.15, -0.1) is 0 Å². The Morgan fingerprint density at radius 1 is 1.06 bits per heavy atom. The standard InChI is InChI=1S/C14H13BrN2/c1-9-6-12(7-10(2)17-9)14(16)11-4-3-5-13(15)8-11/h3-8,16H,1-2H3. The fourth-order valence-electron chi connectivity index (χ4n) is 1.79. The van der Waals surface area contributed by atoms with Gasteiger partial charge in [-0.1, -0.05) is 28.1 Å². The molecule has 2 nitrogen and oxygen atoms in total. The second-order valence-electron chi connectivity index (χ2n) is 4.02. The van der Waals surface area contributed by atoms with Gasteiger partial charge in [-0.2, -0.15) is 0 Å². The molecule has 0 bridgehead atoms. The van der Waals surface area contributed by atoms with Crippen molar-refractivity contribution in [1.29, 1.82) is 5.41 Å². The monoisotopic (exact) mass is 288 g/mol. The summed E-state index contributed by atoms with van der Waals surface area (Å²) < 4.78 is 0.988. The van der Waals surface area contributed by atoms with Gasteiger partial charge in [0.15, 0.2) is 0 Å². The van der Waals surface area contributed by atoms with E-state index in [0.29, 0.717) is 5.71 Å². The second-order valence-corrected chi connectivity index (χ2v) is 4.94.